The number of thiazole rings is 1. The second kappa shape index (κ2) is 6.66. The lowest BCUT2D eigenvalue weighted by Gasteiger charge is -2.00. The Labute approximate surface area is 112 Å². The molecule has 0 radical (unpaired) electrons. The highest BCUT2D eigenvalue weighted by atomic mass is 32.1. The summed E-state index contributed by atoms with van der Waals surface area (Å²) in [7, 11) is 0. The number of aromatic nitrogens is 3. The van der Waals surface area contributed by atoms with Crippen molar-refractivity contribution in [2.24, 2.45) is 0 Å². The van der Waals surface area contributed by atoms with Gasteiger partial charge in [-0.2, -0.15) is 0 Å². The number of nitrogens with zero attached hydrogens (tertiary/aromatic N) is 3. The predicted octanol–water partition coefficient (Wildman–Crippen LogP) is 2.39. The molecule has 0 atom stereocenters. The minimum atomic E-state index is 0.858. The van der Waals surface area contributed by atoms with Crippen LogP contribution < -0.4 is 5.32 Å². The van der Waals surface area contributed by atoms with E-state index in [2.05, 4.69) is 38.4 Å². The van der Waals surface area contributed by atoms with Crippen LogP contribution in [0.25, 0.3) is 0 Å². The van der Waals surface area contributed by atoms with E-state index in [0.29, 0.717) is 0 Å². The van der Waals surface area contributed by atoms with E-state index >= 15 is 0 Å². The molecule has 5 heteroatoms. The molecule has 0 aliphatic rings. The average molecular weight is 264 g/mol. The monoisotopic (exact) mass is 264 g/mol. The third kappa shape index (κ3) is 3.92. The van der Waals surface area contributed by atoms with Crippen LogP contribution >= 0.6 is 11.3 Å². The molecule has 0 aliphatic heterocycles. The van der Waals surface area contributed by atoms with Crippen molar-refractivity contribution in [2.75, 3.05) is 6.54 Å². The molecule has 2 rings (SSSR count). The van der Waals surface area contributed by atoms with Crippen molar-refractivity contribution in [2.45, 2.75) is 39.8 Å². The molecular weight excluding hydrogens is 244 g/mol. The van der Waals surface area contributed by atoms with E-state index in [4.69, 9.17) is 0 Å². The number of rotatable bonds is 7. The maximum absolute atomic E-state index is 4.47. The zero-order valence-corrected chi connectivity index (χ0v) is 11.8. The maximum atomic E-state index is 4.47. The lowest BCUT2D eigenvalue weighted by molar-refractivity contribution is 0.662. The summed E-state index contributed by atoms with van der Waals surface area (Å²) in [5, 5.41) is 6.66. The van der Waals surface area contributed by atoms with Crippen molar-refractivity contribution in [3.63, 3.8) is 0 Å². The van der Waals surface area contributed by atoms with Gasteiger partial charge < -0.3 is 9.88 Å². The van der Waals surface area contributed by atoms with Crippen LogP contribution in [0.1, 0.15) is 29.7 Å². The second-order valence-corrected chi connectivity index (χ2v) is 5.35. The Kier molecular flexibility index (Phi) is 4.90. The van der Waals surface area contributed by atoms with Crippen molar-refractivity contribution in [1.82, 2.24) is 19.9 Å². The van der Waals surface area contributed by atoms with Gasteiger partial charge in [0.25, 0.3) is 0 Å². The molecule has 0 fully saturated rings. The normalized spacial score (nSPS) is 11.0. The fraction of sp³-hybridized carbons (Fsp3) is 0.538. The van der Waals surface area contributed by atoms with Crippen LogP contribution in [-0.4, -0.2) is 21.1 Å². The molecule has 0 amide bonds. The molecule has 0 saturated heterocycles. The fourth-order valence-corrected chi connectivity index (χ4v) is 2.52. The predicted molar refractivity (Wildman–Crippen MR) is 74.8 cm³/mol. The van der Waals surface area contributed by atoms with Crippen LogP contribution in [0.3, 0.4) is 0 Å². The molecule has 0 spiro atoms. The molecule has 0 aromatic carbocycles. The van der Waals surface area contributed by atoms with Gasteiger partial charge >= 0.3 is 0 Å². The van der Waals surface area contributed by atoms with E-state index in [9.17, 15) is 0 Å². The van der Waals surface area contributed by atoms with Gasteiger partial charge in [-0.3, -0.25) is 0 Å². The van der Waals surface area contributed by atoms with Crippen molar-refractivity contribution in [3.05, 3.63) is 34.3 Å². The van der Waals surface area contributed by atoms with E-state index in [-0.39, 0.29) is 0 Å². The van der Waals surface area contributed by atoms with E-state index in [1.165, 1.54) is 5.01 Å². The molecule has 18 heavy (non-hydrogen) atoms. The minimum absolute atomic E-state index is 0.858. The Morgan fingerprint density at radius 1 is 1.44 bits per heavy atom. The van der Waals surface area contributed by atoms with E-state index in [1.807, 2.05) is 13.3 Å². The van der Waals surface area contributed by atoms with E-state index in [0.717, 1.165) is 43.9 Å². The molecule has 4 nitrogen and oxygen atoms in total. The summed E-state index contributed by atoms with van der Waals surface area (Å²) in [6.45, 7) is 7.06. The SMILES string of the molecule is CCCNCc1cn(CCc2nc(C)cs2)cn1. The standard InChI is InChI=1S/C13H20N4S/c1-3-5-14-7-12-8-17(10-15-12)6-4-13-16-11(2)9-18-13/h8-10,14H,3-7H2,1-2H3. The number of nitrogens with one attached hydrogen (secondary N) is 1. The molecule has 2 aromatic rings. The summed E-state index contributed by atoms with van der Waals surface area (Å²) in [5.74, 6) is 0. The van der Waals surface area contributed by atoms with Gasteiger partial charge in [-0.05, 0) is 19.9 Å². The van der Waals surface area contributed by atoms with E-state index < -0.39 is 0 Å². The van der Waals surface area contributed by atoms with E-state index in [1.54, 1.807) is 11.3 Å². The third-order valence-electron chi connectivity index (χ3n) is 2.67. The van der Waals surface area contributed by atoms with Gasteiger partial charge in [0, 0.05) is 36.8 Å². The van der Waals surface area contributed by atoms with Crippen molar-refractivity contribution in [3.8, 4) is 0 Å². The molecule has 2 heterocycles. The molecular formula is C13H20N4S. The summed E-state index contributed by atoms with van der Waals surface area (Å²) in [5.41, 5.74) is 2.23. The largest absolute Gasteiger partial charge is 0.337 e. The molecule has 0 aliphatic carbocycles. The minimum Gasteiger partial charge on any atom is -0.337 e. The van der Waals surface area contributed by atoms with Gasteiger partial charge in [0.1, 0.15) is 0 Å². The fourth-order valence-electron chi connectivity index (χ4n) is 1.76. The topological polar surface area (TPSA) is 42.7 Å². The van der Waals surface area contributed by atoms with Crippen molar-refractivity contribution in [1.29, 1.82) is 0 Å². The highest BCUT2D eigenvalue weighted by molar-refractivity contribution is 7.09. The molecule has 0 unspecified atom stereocenters. The smallest absolute Gasteiger partial charge is 0.0950 e. The summed E-state index contributed by atoms with van der Waals surface area (Å²) < 4.78 is 2.14. The second-order valence-electron chi connectivity index (χ2n) is 4.41. The summed E-state index contributed by atoms with van der Waals surface area (Å²) in [6, 6.07) is 0. The highest BCUT2D eigenvalue weighted by Gasteiger charge is 2.01. The zero-order chi connectivity index (χ0) is 12.8. The Morgan fingerprint density at radius 3 is 3.06 bits per heavy atom. The summed E-state index contributed by atoms with van der Waals surface area (Å²) in [6.07, 6.45) is 6.16. The van der Waals surface area contributed by atoms with Crippen LogP contribution in [0.2, 0.25) is 0 Å². The third-order valence-corrected chi connectivity index (χ3v) is 3.70. The summed E-state index contributed by atoms with van der Waals surface area (Å²) >= 11 is 1.74. The number of hydrogen-bond donors (Lipinski definition) is 1. The van der Waals surface area contributed by atoms with Crippen molar-refractivity contribution < 1.29 is 0 Å². The quantitative estimate of drug-likeness (QED) is 0.781. The molecule has 1 N–H and O–H groups in total. The first kappa shape index (κ1) is 13.2. The van der Waals surface area contributed by atoms with Gasteiger partial charge in [0.15, 0.2) is 0 Å². The first-order valence-corrected chi connectivity index (χ1v) is 7.28. The number of hydrogen-bond acceptors (Lipinski definition) is 4. The van der Waals surface area contributed by atoms with Gasteiger partial charge in [-0.25, -0.2) is 9.97 Å². The first-order chi connectivity index (χ1) is 8.78. The average Bonchev–Trinajstić information content (AvgIpc) is 2.96. The number of imidazole rings is 1. The van der Waals surface area contributed by atoms with Gasteiger partial charge in [0.05, 0.1) is 17.0 Å². The Morgan fingerprint density at radius 2 is 2.33 bits per heavy atom. The van der Waals surface area contributed by atoms with Gasteiger partial charge in [-0.15, -0.1) is 11.3 Å². The molecule has 0 bridgehead atoms. The Balaban J connectivity index is 1.79. The van der Waals surface area contributed by atoms with Crippen LogP contribution in [0.5, 0.6) is 0 Å². The van der Waals surface area contributed by atoms with Gasteiger partial charge in [0.2, 0.25) is 0 Å². The van der Waals surface area contributed by atoms with Crippen LogP contribution in [0, 0.1) is 6.92 Å². The Hall–Kier alpha value is -1.20. The molecule has 0 saturated carbocycles. The maximum Gasteiger partial charge on any atom is 0.0950 e. The molecule has 98 valence electrons. The number of aryl methyl sites for hydroxylation is 3. The van der Waals surface area contributed by atoms with Gasteiger partial charge in [-0.1, -0.05) is 6.92 Å². The van der Waals surface area contributed by atoms with Crippen LogP contribution in [-0.2, 0) is 19.5 Å². The summed E-state index contributed by atoms with van der Waals surface area (Å²) in [4.78, 5) is 8.85. The molecule has 2 aromatic heterocycles. The highest BCUT2D eigenvalue weighted by Crippen LogP contribution is 2.10. The van der Waals surface area contributed by atoms with Crippen molar-refractivity contribution >= 4 is 11.3 Å². The lowest BCUT2D eigenvalue weighted by atomic mass is 10.4. The van der Waals surface area contributed by atoms with Crippen LogP contribution in [0.15, 0.2) is 17.9 Å². The van der Waals surface area contributed by atoms with Crippen LogP contribution in [0.4, 0.5) is 0 Å². The zero-order valence-electron chi connectivity index (χ0n) is 11.0. The Bertz CT molecular complexity index is 475. The first-order valence-electron chi connectivity index (χ1n) is 6.40. The lowest BCUT2D eigenvalue weighted by Crippen LogP contribution is -2.13.